The molecule has 0 aromatic carbocycles. The topological polar surface area (TPSA) is 52.6 Å². The molecule has 0 aliphatic heterocycles. The van der Waals surface area contributed by atoms with Gasteiger partial charge in [0, 0.05) is 11.6 Å². The van der Waals surface area contributed by atoms with Gasteiger partial charge in [-0.2, -0.15) is 0 Å². The highest BCUT2D eigenvalue weighted by molar-refractivity contribution is 5.86. The summed E-state index contributed by atoms with van der Waals surface area (Å²) in [7, 11) is 1.33. The van der Waals surface area contributed by atoms with E-state index in [4.69, 9.17) is 4.74 Å². The van der Waals surface area contributed by atoms with E-state index >= 15 is 0 Å². The average molecular weight is 256 g/mol. The molecule has 4 nitrogen and oxygen atoms in total. The first kappa shape index (κ1) is 18.8. The van der Waals surface area contributed by atoms with Crippen molar-refractivity contribution in [1.29, 1.82) is 0 Å². The molecule has 0 heterocycles. The maximum atomic E-state index is 10.5. The Bertz CT molecular complexity index is 269. The van der Waals surface area contributed by atoms with Crippen LogP contribution in [-0.2, 0) is 19.1 Å². The minimum absolute atomic E-state index is 0.318. The Morgan fingerprint density at radius 1 is 1.22 bits per heavy atom. The Hall–Kier alpha value is -1.58. The Balaban J connectivity index is 0. The fourth-order valence-electron chi connectivity index (χ4n) is 0.935. The molecule has 0 rings (SSSR count). The second-order valence-corrected chi connectivity index (χ2v) is 3.70. The van der Waals surface area contributed by atoms with Gasteiger partial charge in [-0.05, 0) is 13.3 Å². The minimum atomic E-state index is -0.347. The number of hydrogen-bond donors (Lipinski definition) is 0. The molecule has 0 aliphatic carbocycles. The monoisotopic (exact) mass is 256 g/mol. The normalized spacial score (nSPS) is 8.61. The summed E-state index contributed by atoms with van der Waals surface area (Å²) in [5.41, 5.74) is 0.433. The van der Waals surface area contributed by atoms with Crippen molar-refractivity contribution in [3.05, 3.63) is 24.8 Å². The Morgan fingerprint density at radius 2 is 1.83 bits per heavy atom. The molecule has 4 heteroatoms. The maximum Gasteiger partial charge on any atom is 0.332 e. The van der Waals surface area contributed by atoms with Crippen LogP contribution in [0.3, 0.4) is 0 Å². The highest BCUT2D eigenvalue weighted by Crippen LogP contribution is 1.98. The van der Waals surface area contributed by atoms with Gasteiger partial charge in [0.05, 0.1) is 13.7 Å². The van der Waals surface area contributed by atoms with Gasteiger partial charge in [0.25, 0.3) is 0 Å². The van der Waals surface area contributed by atoms with Crippen LogP contribution in [-0.4, -0.2) is 25.7 Å². The molecule has 0 saturated heterocycles. The molecule has 0 bridgehead atoms. The standard InChI is InChI=1S/C9H16O2.C5H8O2/c1-3-5-6-7-8-11-9(10)4-2;1-4(2)5(6)7-3/h4H,2-3,5-8H2,1H3;1H2,2-3H3. The van der Waals surface area contributed by atoms with Crippen LogP contribution in [0.1, 0.15) is 39.5 Å². The quantitative estimate of drug-likeness (QED) is 0.399. The first-order valence-electron chi connectivity index (χ1n) is 6.02. The molecule has 0 fully saturated rings. The van der Waals surface area contributed by atoms with Crippen molar-refractivity contribution < 1.29 is 19.1 Å². The molecule has 18 heavy (non-hydrogen) atoms. The fourth-order valence-corrected chi connectivity index (χ4v) is 0.935. The van der Waals surface area contributed by atoms with E-state index in [9.17, 15) is 9.59 Å². The Kier molecular flexibility index (Phi) is 14.1. The van der Waals surface area contributed by atoms with E-state index in [1.54, 1.807) is 6.92 Å². The van der Waals surface area contributed by atoms with Crippen LogP contribution in [0.2, 0.25) is 0 Å². The molecule has 0 N–H and O–H groups in total. The lowest BCUT2D eigenvalue weighted by molar-refractivity contribution is -0.138. The van der Waals surface area contributed by atoms with Gasteiger partial charge in [-0.25, -0.2) is 9.59 Å². The summed E-state index contributed by atoms with van der Waals surface area (Å²) < 4.78 is 9.05. The second kappa shape index (κ2) is 13.5. The van der Waals surface area contributed by atoms with Crippen LogP contribution >= 0.6 is 0 Å². The third-order valence-electron chi connectivity index (χ3n) is 1.94. The van der Waals surface area contributed by atoms with Gasteiger partial charge < -0.3 is 9.47 Å². The summed E-state index contributed by atoms with van der Waals surface area (Å²) in [5, 5.41) is 0. The molecule has 0 atom stereocenters. The fraction of sp³-hybridized carbons (Fsp3) is 0.571. The van der Waals surface area contributed by atoms with E-state index in [2.05, 4.69) is 24.8 Å². The average Bonchev–Trinajstić information content (AvgIpc) is 2.37. The van der Waals surface area contributed by atoms with Crippen molar-refractivity contribution in [3.63, 3.8) is 0 Å². The van der Waals surface area contributed by atoms with Crippen LogP contribution < -0.4 is 0 Å². The number of methoxy groups -OCH3 is 1. The largest absolute Gasteiger partial charge is 0.466 e. The summed E-state index contributed by atoms with van der Waals surface area (Å²) in [5.74, 6) is -0.665. The van der Waals surface area contributed by atoms with Gasteiger partial charge in [-0.3, -0.25) is 0 Å². The summed E-state index contributed by atoms with van der Waals surface area (Å²) in [6.07, 6.45) is 5.72. The zero-order valence-corrected chi connectivity index (χ0v) is 11.7. The smallest absolute Gasteiger partial charge is 0.332 e. The van der Waals surface area contributed by atoms with E-state index < -0.39 is 0 Å². The van der Waals surface area contributed by atoms with Crippen LogP contribution in [0, 0.1) is 0 Å². The molecule has 0 aromatic heterocycles. The highest BCUT2D eigenvalue weighted by Gasteiger charge is 1.95. The molecule has 0 amide bonds. The van der Waals surface area contributed by atoms with Crippen LogP contribution in [0.4, 0.5) is 0 Å². The second-order valence-electron chi connectivity index (χ2n) is 3.70. The van der Waals surface area contributed by atoms with Gasteiger partial charge in [0.1, 0.15) is 0 Å². The molecule has 0 radical (unpaired) electrons. The van der Waals surface area contributed by atoms with Crippen molar-refractivity contribution in [2.75, 3.05) is 13.7 Å². The summed E-state index contributed by atoms with van der Waals surface area (Å²) in [6.45, 7) is 10.9. The van der Waals surface area contributed by atoms with Gasteiger partial charge >= 0.3 is 11.9 Å². The summed E-state index contributed by atoms with van der Waals surface area (Å²) in [6, 6.07) is 0. The van der Waals surface area contributed by atoms with Gasteiger partial charge in [0.2, 0.25) is 0 Å². The number of carbonyl (C=O) groups is 2. The lowest BCUT2D eigenvalue weighted by Crippen LogP contribution is -2.01. The predicted octanol–water partition coefficient (Wildman–Crippen LogP) is 3.03. The number of unbranched alkanes of at least 4 members (excludes halogenated alkanes) is 3. The SMILES string of the molecule is C=C(C)C(=O)OC.C=CC(=O)OCCCCCC. The maximum absolute atomic E-state index is 10.5. The van der Waals surface area contributed by atoms with E-state index in [1.165, 1.54) is 26.0 Å². The highest BCUT2D eigenvalue weighted by atomic mass is 16.5. The van der Waals surface area contributed by atoms with Crippen LogP contribution in [0.15, 0.2) is 24.8 Å². The van der Waals surface area contributed by atoms with Crippen molar-refractivity contribution in [2.45, 2.75) is 39.5 Å². The number of ether oxygens (including phenoxy) is 2. The van der Waals surface area contributed by atoms with Gasteiger partial charge in [0.15, 0.2) is 0 Å². The van der Waals surface area contributed by atoms with E-state index in [0.29, 0.717) is 12.2 Å². The Morgan fingerprint density at radius 3 is 2.17 bits per heavy atom. The van der Waals surface area contributed by atoms with Gasteiger partial charge in [-0.1, -0.05) is 39.3 Å². The van der Waals surface area contributed by atoms with Crippen LogP contribution in [0.25, 0.3) is 0 Å². The van der Waals surface area contributed by atoms with Crippen molar-refractivity contribution in [2.24, 2.45) is 0 Å². The number of rotatable bonds is 7. The first-order chi connectivity index (χ1) is 8.49. The molecular formula is C14H24O4. The van der Waals surface area contributed by atoms with E-state index in [-0.39, 0.29) is 11.9 Å². The zero-order chi connectivity index (χ0) is 14.4. The zero-order valence-electron chi connectivity index (χ0n) is 11.7. The van der Waals surface area contributed by atoms with Gasteiger partial charge in [-0.15, -0.1) is 0 Å². The first-order valence-corrected chi connectivity index (χ1v) is 6.02. The molecule has 0 aromatic rings. The van der Waals surface area contributed by atoms with E-state index in [1.807, 2.05) is 0 Å². The van der Waals surface area contributed by atoms with Crippen molar-refractivity contribution in [1.82, 2.24) is 0 Å². The molecule has 104 valence electrons. The summed E-state index contributed by atoms with van der Waals surface area (Å²) in [4.78, 5) is 20.7. The number of carbonyl (C=O) groups excluding carboxylic acids is 2. The lowest BCUT2D eigenvalue weighted by atomic mass is 10.2. The molecular weight excluding hydrogens is 232 g/mol. The predicted molar refractivity (Wildman–Crippen MR) is 72.1 cm³/mol. The molecule has 0 unspecified atom stereocenters. The van der Waals surface area contributed by atoms with Crippen LogP contribution in [0.5, 0.6) is 0 Å². The third kappa shape index (κ3) is 14.4. The van der Waals surface area contributed by atoms with E-state index in [0.717, 1.165) is 12.8 Å². The molecule has 0 aliphatic rings. The number of esters is 2. The van der Waals surface area contributed by atoms with Crippen molar-refractivity contribution >= 4 is 11.9 Å². The minimum Gasteiger partial charge on any atom is -0.466 e. The molecule has 0 spiro atoms. The third-order valence-corrected chi connectivity index (χ3v) is 1.94. The number of hydrogen-bond acceptors (Lipinski definition) is 4. The van der Waals surface area contributed by atoms with Crippen molar-refractivity contribution in [3.8, 4) is 0 Å². The summed E-state index contributed by atoms with van der Waals surface area (Å²) >= 11 is 0. The Labute approximate surface area is 110 Å². The molecule has 0 saturated carbocycles. The lowest BCUT2D eigenvalue weighted by Gasteiger charge is -1.99.